The van der Waals surface area contributed by atoms with Gasteiger partial charge in [-0.05, 0) is 43.2 Å². The average Bonchev–Trinajstić information content (AvgIpc) is 3.11. The summed E-state index contributed by atoms with van der Waals surface area (Å²) in [6.07, 6.45) is 2.33. The minimum absolute atomic E-state index is 0.00226. The molecule has 1 amide bonds. The van der Waals surface area contributed by atoms with Crippen LogP contribution < -0.4 is 10.1 Å². The number of amidine groups is 1. The molecule has 5 nitrogen and oxygen atoms in total. The van der Waals surface area contributed by atoms with Gasteiger partial charge in [0.15, 0.2) is 5.75 Å². The van der Waals surface area contributed by atoms with Crippen molar-refractivity contribution in [3.63, 3.8) is 0 Å². The third-order valence-electron chi connectivity index (χ3n) is 4.73. The van der Waals surface area contributed by atoms with Gasteiger partial charge in [0.25, 0.3) is 0 Å². The molecule has 1 N–H and O–H groups in total. The van der Waals surface area contributed by atoms with Crippen LogP contribution in [0.1, 0.15) is 32.3 Å². The van der Waals surface area contributed by atoms with Crippen LogP contribution in [0.4, 0.5) is 11.4 Å². The lowest BCUT2D eigenvalue weighted by Gasteiger charge is -2.21. The third kappa shape index (κ3) is 3.17. The number of fused-ring (bicyclic) bond motifs is 2. The van der Waals surface area contributed by atoms with E-state index in [1.165, 1.54) is 12.8 Å². The Labute approximate surface area is 153 Å². The summed E-state index contributed by atoms with van der Waals surface area (Å²) in [6.45, 7) is 5.75. The lowest BCUT2D eigenvalue weighted by atomic mass is 10.1. The highest BCUT2D eigenvalue weighted by molar-refractivity contribution is 6.05. The summed E-state index contributed by atoms with van der Waals surface area (Å²) in [6, 6.07) is 13.6. The smallest absolute Gasteiger partial charge is 0.226 e. The highest BCUT2D eigenvalue weighted by atomic mass is 16.5. The van der Waals surface area contributed by atoms with Crippen LogP contribution >= 0.6 is 0 Å². The molecule has 2 aromatic rings. The van der Waals surface area contributed by atoms with Gasteiger partial charge in [-0.3, -0.25) is 4.79 Å². The number of aliphatic imine (C=N–C) groups is 1. The number of amides is 1. The molecule has 0 atom stereocenters. The molecule has 0 bridgehead atoms. The topological polar surface area (TPSA) is 53.9 Å². The van der Waals surface area contributed by atoms with Crippen LogP contribution in [0.2, 0.25) is 0 Å². The molecule has 2 aliphatic heterocycles. The zero-order chi connectivity index (χ0) is 18.1. The summed E-state index contributed by atoms with van der Waals surface area (Å²) in [7, 11) is 0. The van der Waals surface area contributed by atoms with Gasteiger partial charge in [-0.2, -0.15) is 0 Å². The number of para-hydroxylation sites is 2. The minimum atomic E-state index is -0.0685. The Kier molecular flexibility index (Phi) is 4.37. The fourth-order valence-electron chi connectivity index (χ4n) is 3.26. The second-order valence-corrected chi connectivity index (χ2v) is 7.05. The molecule has 1 fully saturated rings. The van der Waals surface area contributed by atoms with Crippen molar-refractivity contribution >= 4 is 23.1 Å². The molecule has 5 heteroatoms. The van der Waals surface area contributed by atoms with Gasteiger partial charge in [-0.25, -0.2) is 4.99 Å². The summed E-state index contributed by atoms with van der Waals surface area (Å²) in [5.41, 5.74) is 2.52. The van der Waals surface area contributed by atoms with Crippen LogP contribution in [-0.4, -0.2) is 29.7 Å². The van der Waals surface area contributed by atoms with Crippen molar-refractivity contribution in [2.75, 3.05) is 18.4 Å². The maximum absolute atomic E-state index is 12.1. The maximum atomic E-state index is 12.1. The predicted molar refractivity (Wildman–Crippen MR) is 103 cm³/mol. The summed E-state index contributed by atoms with van der Waals surface area (Å²) in [5, 5.41) is 2.98. The number of carbonyl (C=O) groups excluding carboxylic acids is 1. The van der Waals surface area contributed by atoms with Gasteiger partial charge in [0.1, 0.15) is 17.3 Å². The van der Waals surface area contributed by atoms with Crippen molar-refractivity contribution in [2.45, 2.75) is 26.7 Å². The Balaban J connectivity index is 1.79. The first kappa shape index (κ1) is 16.6. The fraction of sp³-hybridized carbons (Fsp3) is 0.333. The first-order chi connectivity index (χ1) is 12.6. The summed E-state index contributed by atoms with van der Waals surface area (Å²) in [5.74, 6) is 2.37. The molecule has 0 aliphatic carbocycles. The van der Waals surface area contributed by atoms with E-state index in [4.69, 9.17) is 9.73 Å². The van der Waals surface area contributed by atoms with Crippen molar-refractivity contribution in [3.05, 3.63) is 48.0 Å². The summed E-state index contributed by atoms with van der Waals surface area (Å²) >= 11 is 0. The molecule has 4 rings (SSSR count). The summed E-state index contributed by atoms with van der Waals surface area (Å²) in [4.78, 5) is 19.3. The molecule has 0 saturated carbocycles. The zero-order valence-corrected chi connectivity index (χ0v) is 15.2. The van der Waals surface area contributed by atoms with Gasteiger partial charge in [-0.15, -0.1) is 0 Å². The highest BCUT2D eigenvalue weighted by Gasteiger charge is 2.25. The van der Waals surface area contributed by atoms with Gasteiger partial charge in [0.2, 0.25) is 5.91 Å². The molecule has 0 aromatic heterocycles. The zero-order valence-electron chi connectivity index (χ0n) is 15.2. The average molecular weight is 349 g/mol. The van der Waals surface area contributed by atoms with E-state index < -0.39 is 0 Å². The Morgan fingerprint density at radius 2 is 1.88 bits per heavy atom. The Morgan fingerprint density at radius 1 is 1.12 bits per heavy atom. The van der Waals surface area contributed by atoms with Crippen molar-refractivity contribution < 1.29 is 9.53 Å². The van der Waals surface area contributed by atoms with Crippen LogP contribution in [0.25, 0.3) is 0 Å². The number of carbonyl (C=O) groups is 1. The van der Waals surface area contributed by atoms with Crippen molar-refractivity contribution in [1.29, 1.82) is 0 Å². The van der Waals surface area contributed by atoms with E-state index in [2.05, 4.69) is 10.2 Å². The number of hydrogen-bond donors (Lipinski definition) is 1. The molecule has 0 unspecified atom stereocenters. The molecule has 2 heterocycles. The first-order valence-electron chi connectivity index (χ1n) is 9.17. The van der Waals surface area contributed by atoms with Crippen LogP contribution in [-0.2, 0) is 4.79 Å². The molecule has 1 saturated heterocycles. The standard InChI is InChI=1S/C21H23N3O2/c1-14(2)21(25)22-15-9-10-18-16(13-15)20(24-11-5-6-12-24)23-17-7-3-4-8-19(17)26-18/h3-4,7-10,13-14H,5-6,11-12H2,1-2H3,(H,22,25). The maximum Gasteiger partial charge on any atom is 0.226 e. The van der Waals surface area contributed by atoms with E-state index in [9.17, 15) is 4.79 Å². The van der Waals surface area contributed by atoms with E-state index in [-0.39, 0.29) is 11.8 Å². The second kappa shape index (κ2) is 6.83. The number of nitrogens with one attached hydrogen (secondary N) is 1. The SMILES string of the molecule is CC(C)C(=O)Nc1ccc2c(c1)C(N1CCCC1)=Nc1ccccc1O2. The molecule has 134 valence electrons. The van der Waals surface area contributed by atoms with Crippen LogP contribution in [0.5, 0.6) is 11.5 Å². The van der Waals surface area contributed by atoms with Crippen LogP contribution in [0.15, 0.2) is 47.5 Å². The van der Waals surface area contributed by atoms with Gasteiger partial charge < -0.3 is 15.0 Å². The first-order valence-corrected chi connectivity index (χ1v) is 9.17. The Morgan fingerprint density at radius 3 is 2.65 bits per heavy atom. The van der Waals surface area contributed by atoms with Gasteiger partial charge >= 0.3 is 0 Å². The van der Waals surface area contributed by atoms with Gasteiger partial charge in [-0.1, -0.05) is 26.0 Å². The van der Waals surface area contributed by atoms with Crippen LogP contribution in [0.3, 0.4) is 0 Å². The highest BCUT2D eigenvalue weighted by Crippen LogP contribution is 2.39. The fourth-order valence-corrected chi connectivity index (χ4v) is 3.26. The molecular weight excluding hydrogens is 326 g/mol. The van der Waals surface area contributed by atoms with Crippen molar-refractivity contribution in [3.8, 4) is 11.5 Å². The summed E-state index contributed by atoms with van der Waals surface area (Å²) < 4.78 is 6.15. The molecule has 0 radical (unpaired) electrons. The molecular formula is C21H23N3O2. The molecule has 2 aliphatic rings. The van der Waals surface area contributed by atoms with E-state index >= 15 is 0 Å². The number of rotatable bonds is 2. The number of benzene rings is 2. The molecule has 0 spiro atoms. The second-order valence-electron chi connectivity index (χ2n) is 7.05. The number of ether oxygens (including phenoxy) is 1. The number of anilines is 1. The van der Waals surface area contributed by atoms with E-state index in [0.29, 0.717) is 0 Å². The molecule has 26 heavy (non-hydrogen) atoms. The van der Waals surface area contributed by atoms with E-state index in [1.807, 2.05) is 56.3 Å². The largest absolute Gasteiger partial charge is 0.454 e. The Bertz CT molecular complexity index is 867. The molecule has 2 aromatic carbocycles. The van der Waals surface area contributed by atoms with Crippen LogP contribution in [0, 0.1) is 5.92 Å². The monoisotopic (exact) mass is 349 g/mol. The van der Waals surface area contributed by atoms with Gasteiger partial charge in [0, 0.05) is 24.7 Å². The van der Waals surface area contributed by atoms with Crippen molar-refractivity contribution in [1.82, 2.24) is 4.90 Å². The number of likely N-dealkylation sites (tertiary alicyclic amines) is 1. The number of hydrogen-bond acceptors (Lipinski definition) is 4. The lowest BCUT2D eigenvalue weighted by Crippen LogP contribution is -2.28. The van der Waals surface area contributed by atoms with E-state index in [0.717, 1.165) is 47.4 Å². The lowest BCUT2D eigenvalue weighted by molar-refractivity contribution is -0.118. The van der Waals surface area contributed by atoms with Gasteiger partial charge in [0.05, 0.1) is 5.56 Å². The normalized spacial score (nSPS) is 15.7. The number of nitrogens with zero attached hydrogens (tertiary/aromatic N) is 2. The Hall–Kier alpha value is -2.82. The van der Waals surface area contributed by atoms with Crippen molar-refractivity contribution in [2.24, 2.45) is 10.9 Å². The third-order valence-corrected chi connectivity index (χ3v) is 4.73. The quantitative estimate of drug-likeness (QED) is 0.865. The van der Waals surface area contributed by atoms with E-state index in [1.54, 1.807) is 0 Å². The minimum Gasteiger partial charge on any atom is -0.454 e. The predicted octanol–water partition coefficient (Wildman–Crippen LogP) is 4.56.